The highest BCUT2D eigenvalue weighted by molar-refractivity contribution is 5.84. The van der Waals surface area contributed by atoms with Crippen LogP contribution in [0.25, 0.3) is 0 Å². The Hall–Kier alpha value is -0.410. The fourth-order valence-electron chi connectivity index (χ4n) is 1.36. The molecular weight excluding hydrogens is 140 g/mol. The van der Waals surface area contributed by atoms with Crippen LogP contribution in [0.2, 0.25) is 0 Å². The Kier molecular flexibility index (Phi) is 3.02. The number of piperazine rings is 1. The highest BCUT2D eigenvalue weighted by Gasteiger charge is 2.21. The third-order valence-corrected chi connectivity index (χ3v) is 2.12. The van der Waals surface area contributed by atoms with Crippen LogP contribution in [0, 0.1) is 0 Å². The Morgan fingerprint density at radius 3 is 3.00 bits per heavy atom. The first kappa shape index (κ1) is 8.68. The molecule has 1 fully saturated rings. The molecule has 0 aromatic rings. The second-order valence-electron chi connectivity index (χ2n) is 3.09. The summed E-state index contributed by atoms with van der Waals surface area (Å²) < 4.78 is 0. The molecule has 3 nitrogen and oxygen atoms in total. The number of Topliss-reactive ketones (excluding diaryl/α,β-unsaturated/α-hetero) is 1. The summed E-state index contributed by atoms with van der Waals surface area (Å²) in [6.07, 6.45) is 0.644. The van der Waals surface area contributed by atoms with Crippen molar-refractivity contribution < 1.29 is 4.79 Å². The van der Waals surface area contributed by atoms with Gasteiger partial charge in [0.2, 0.25) is 0 Å². The van der Waals surface area contributed by atoms with Gasteiger partial charge in [-0.15, -0.1) is 0 Å². The second kappa shape index (κ2) is 3.83. The lowest BCUT2D eigenvalue weighted by atomic mass is 10.1. The molecule has 1 aliphatic rings. The Morgan fingerprint density at radius 2 is 2.45 bits per heavy atom. The summed E-state index contributed by atoms with van der Waals surface area (Å²) in [6, 6.07) is 0.0822. The number of hydrogen-bond acceptors (Lipinski definition) is 3. The number of nitrogens with zero attached hydrogens (tertiary/aromatic N) is 1. The van der Waals surface area contributed by atoms with Gasteiger partial charge in [-0.2, -0.15) is 0 Å². The zero-order valence-electron chi connectivity index (χ0n) is 7.26. The summed E-state index contributed by atoms with van der Waals surface area (Å²) in [5.74, 6) is 0.330. The molecular formula is C8H16N2O. The first-order chi connectivity index (χ1) is 5.24. The monoisotopic (exact) mass is 156 g/mol. The summed E-state index contributed by atoms with van der Waals surface area (Å²) in [6.45, 7) is 4.77. The zero-order valence-corrected chi connectivity index (χ0v) is 7.26. The van der Waals surface area contributed by atoms with Crippen molar-refractivity contribution in [2.24, 2.45) is 0 Å². The molecule has 1 heterocycles. The van der Waals surface area contributed by atoms with Gasteiger partial charge < -0.3 is 10.2 Å². The van der Waals surface area contributed by atoms with Crippen LogP contribution in [-0.4, -0.2) is 43.4 Å². The highest BCUT2D eigenvalue weighted by Crippen LogP contribution is 1.98. The summed E-state index contributed by atoms with van der Waals surface area (Å²) in [5.41, 5.74) is 0. The van der Waals surface area contributed by atoms with E-state index in [-0.39, 0.29) is 6.04 Å². The number of hydrogen-bond donors (Lipinski definition) is 1. The van der Waals surface area contributed by atoms with E-state index in [2.05, 4.69) is 17.3 Å². The van der Waals surface area contributed by atoms with Crippen molar-refractivity contribution in [1.82, 2.24) is 10.2 Å². The molecule has 3 heteroatoms. The molecule has 0 aromatic heterocycles. The predicted octanol–water partition coefficient (Wildman–Crippen LogP) is -0.131. The Labute approximate surface area is 67.8 Å². The van der Waals surface area contributed by atoms with Gasteiger partial charge in [0.15, 0.2) is 5.78 Å². The predicted molar refractivity (Wildman–Crippen MR) is 44.6 cm³/mol. The van der Waals surface area contributed by atoms with Crippen molar-refractivity contribution in [1.29, 1.82) is 0 Å². The van der Waals surface area contributed by atoms with Gasteiger partial charge in [-0.3, -0.25) is 4.79 Å². The molecule has 64 valence electrons. The maximum Gasteiger partial charge on any atom is 0.150 e. The highest BCUT2D eigenvalue weighted by atomic mass is 16.1. The summed E-state index contributed by atoms with van der Waals surface area (Å²) in [4.78, 5) is 13.4. The van der Waals surface area contributed by atoms with Gasteiger partial charge in [0.25, 0.3) is 0 Å². The van der Waals surface area contributed by atoms with E-state index < -0.39 is 0 Å². The van der Waals surface area contributed by atoms with Crippen LogP contribution in [0.1, 0.15) is 13.3 Å². The largest absolute Gasteiger partial charge is 0.305 e. The van der Waals surface area contributed by atoms with Crippen molar-refractivity contribution in [3.05, 3.63) is 0 Å². The fraction of sp³-hybridized carbons (Fsp3) is 0.875. The minimum atomic E-state index is 0.0822. The van der Waals surface area contributed by atoms with Gasteiger partial charge in [-0.25, -0.2) is 0 Å². The first-order valence-corrected chi connectivity index (χ1v) is 4.18. The summed E-state index contributed by atoms with van der Waals surface area (Å²) in [7, 11) is 2.05. The lowest BCUT2D eigenvalue weighted by Crippen LogP contribution is -2.52. The molecule has 1 rings (SSSR count). The molecule has 11 heavy (non-hydrogen) atoms. The smallest absolute Gasteiger partial charge is 0.150 e. The van der Waals surface area contributed by atoms with E-state index in [1.54, 1.807) is 0 Å². The maximum atomic E-state index is 11.2. The third kappa shape index (κ3) is 2.27. The molecule has 0 bridgehead atoms. The van der Waals surface area contributed by atoms with Crippen molar-refractivity contribution in [2.45, 2.75) is 19.4 Å². The van der Waals surface area contributed by atoms with Gasteiger partial charge in [0.05, 0.1) is 6.04 Å². The standard InChI is InChI=1S/C8H16N2O/c1-3-8(11)7-6-10(2)5-4-9-7/h7,9H,3-6H2,1-2H3. The summed E-state index contributed by atoms with van der Waals surface area (Å²) >= 11 is 0. The number of carbonyl (C=O) groups is 1. The molecule has 0 aromatic carbocycles. The van der Waals surface area contributed by atoms with Crippen molar-refractivity contribution in [2.75, 3.05) is 26.7 Å². The first-order valence-electron chi connectivity index (χ1n) is 4.18. The number of rotatable bonds is 2. The van der Waals surface area contributed by atoms with Crippen molar-refractivity contribution in [3.63, 3.8) is 0 Å². The third-order valence-electron chi connectivity index (χ3n) is 2.12. The average molecular weight is 156 g/mol. The van der Waals surface area contributed by atoms with E-state index >= 15 is 0 Å². The molecule has 1 unspecified atom stereocenters. The van der Waals surface area contributed by atoms with Crippen molar-refractivity contribution >= 4 is 5.78 Å². The Balaban J connectivity index is 2.39. The van der Waals surface area contributed by atoms with Crippen LogP contribution < -0.4 is 5.32 Å². The molecule has 1 saturated heterocycles. The zero-order chi connectivity index (χ0) is 8.27. The quantitative estimate of drug-likeness (QED) is 0.604. The number of likely N-dealkylation sites (N-methyl/N-ethyl adjacent to an activating group) is 1. The van der Waals surface area contributed by atoms with Crippen molar-refractivity contribution in [3.8, 4) is 0 Å². The lowest BCUT2D eigenvalue weighted by Gasteiger charge is -2.29. The molecule has 0 aliphatic carbocycles. The van der Waals surface area contributed by atoms with Crippen LogP contribution >= 0.6 is 0 Å². The maximum absolute atomic E-state index is 11.2. The van der Waals surface area contributed by atoms with E-state index in [4.69, 9.17) is 0 Å². The Morgan fingerprint density at radius 1 is 1.73 bits per heavy atom. The summed E-state index contributed by atoms with van der Waals surface area (Å²) in [5, 5.41) is 3.21. The minimum Gasteiger partial charge on any atom is -0.305 e. The van der Waals surface area contributed by atoms with Gasteiger partial charge in [-0.05, 0) is 7.05 Å². The van der Waals surface area contributed by atoms with E-state index in [1.807, 2.05) is 6.92 Å². The molecule has 1 aliphatic heterocycles. The number of nitrogens with one attached hydrogen (secondary N) is 1. The molecule has 0 amide bonds. The molecule has 0 saturated carbocycles. The van der Waals surface area contributed by atoms with Gasteiger partial charge in [0, 0.05) is 26.1 Å². The van der Waals surface area contributed by atoms with E-state index in [1.165, 1.54) is 0 Å². The molecule has 1 N–H and O–H groups in total. The Bertz CT molecular complexity index is 147. The SMILES string of the molecule is CCC(=O)C1CN(C)CCN1. The van der Waals surface area contributed by atoms with Crippen LogP contribution in [0.15, 0.2) is 0 Å². The van der Waals surface area contributed by atoms with Crippen LogP contribution in [-0.2, 0) is 4.79 Å². The molecule has 0 radical (unpaired) electrons. The normalized spacial score (nSPS) is 26.9. The van der Waals surface area contributed by atoms with Crippen LogP contribution in [0.5, 0.6) is 0 Å². The minimum absolute atomic E-state index is 0.0822. The fourth-order valence-corrected chi connectivity index (χ4v) is 1.36. The van der Waals surface area contributed by atoms with Crippen LogP contribution in [0.3, 0.4) is 0 Å². The number of ketones is 1. The molecule has 0 spiro atoms. The van der Waals surface area contributed by atoms with Gasteiger partial charge >= 0.3 is 0 Å². The van der Waals surface area contributed by atoms with E-state index in [0.29, 0.717) is 12.2 Å². The molecule has 1 atom stereocenters. The van der Waals surface area contributed by atoms with Crippen LogP contribution in [0.4, 0.5) is 0 Å². The average Bonchev–Trinajstić information content (AvgIpc) is 2.03. The second-order valence-corrected chi connectivity index (χ2v) is 3.09. The van der Waals surface area contributed by atoms with E-state index in [9.17, 15) is 4.79 Å². The topological polar surface area (TPSA) is 32.3 Å². The van der Waals surface area contributed by atoms with Gasteiger partial charge in [-0.1, -0.05) is 6.92 Å². The van der Waals surface area contributed by atoms with Gasteiger partial charge in [0.1, 0.15) is 0 Å². The van der Waals surface area contributed by atoms with E-state index in [0.717, 1.165) is 19.6 Å². The lowest BCUT2D eigenvalue weighted by molar-refractivity contribution is -0.121. The number of carbonyl (C=O) groups excluding carboxylic acids is 1.